The van der Waals surface area contributed by atoms with E-state index < -0.39 is 11.6 Å². The number of thiophene rings is 1. The Balaban J connectivity index is 1.32. The molecule has 0 spiro atoms. The summed E-state index contributed by atoms with van der Waals surface area (Å²) in [5.74, 6) is -0.146. The van der Waals surface area contributed by atoms with Crippen LogP contribution in [-0.4, -0.2) is 64.2 Å². The Hall–Kier alpha value is -2.76. The zero-order valence-corrected chi connectivity index (χ0v) is 23.9. The Morgan fingerprint density at radius 1 is 1.28 bits per heavy atom. The number of fused-ring (bicyclic) bond motifs is 1. The highest BCUT2D eigenvalue weighted by atomic mass is 35.5. The third-order valence-electron chi connectivity index (χ3n) is 7.04. The second-order valence-electron chi connectivity index (χ2n) is 10.1. The van der Waals surface area contributed by atoms with Crippen molar-refractivity contribution in [1.29, 1.82) is 0 Å². The third-order valence-corrected chi connectivity index (χ3v) is 9.01. The van der Waals surface area contributed by atoms with Crippen molar-refractivity contribution < 1.29 is 19.4 Å². The molecule has 39 heavy (non-hydrogen) atoms. The number of amides is 2. The Morgan fingerprint density at radius 3 is 2.74 bits per heavy atom. The lowest BCUT2D eigenvalue weighted by molar-refractivity contribution is -0.123. The molecule has 3 aromatic rings. The van der Waals surface area contributed by atoms with Crippen molar-refractivity contribution in [2.75, 3.05) is 31.7 Å². The first-order valence-corrected chi connectivity index (χ1v) is 14.2. The number of ether oxygens (including phenoxy) is 1. The van der Waals surface area contributed by atoms with E-state index in [2.05, 4.69) is 20.6 Å². The van der Waals surface area contributed by atoms with E-state index in [0.717, 1.165) is 22.6 Å². The van der Waals surface area contributed by atoms with E-state index in [9.17, 15) is 14.7 Å². The average molecular weight is 591 g/mol. The lowest BCUT2D eigenvalue weighted by Gasteiger charge is -2.32. The number of aromatic nitrogens is 2. The van der Waals surface area contributed by atoms with Crippen LogP contribution in [0.1, 0.15) is 53.5 Å². The maximum Gasteiger partial charge on any atom is 0.256 e. The summed E-state index contributed by atoms with van der Waals surface area (Å²) < 4.78 is 5.42. The Morgan fingerprint density at radius 2 is 2.05 bits per heavy atom. The molecular formula is C27H29Cl2N5O4S. The number of hydrogen-bond acceptors (Lipinski definition) is 8. The largest absolute Gasteiger partial charge is 0.394 e. The number of aliphatic hydroxyl groups excluding tert-OH is 1. The molecule has 5 rings (SSSR count). The predicted molar refractivity (Wildman–Crippen MR) is 151 cm³/mol. The lowest BCUT2D eigenvalue weighted by Crippen LogP contribution is -2.46. The molecule has 206 valence electrons. The van der Waals surface area contributed by atoms with Crippen LogP contribution < -0.4 is 10.6 Å². The van der Waals surface area contributed by atoms with Gasteiger partial charge in [0.2, 0.25) is 11.9 Å². The zero-order valence-electron chi connectivity index (χ0n) is 21.5. The van der Waals surface area contributed by atoms with Crippen LogP contribution >= 0.6 is 34.5 Å². The normalized spacial score (nSPS) is 17.7. The van der Waals surface area contributed by atoms with Gasteiger partial charge in [-0.1, -0.05) is 35.3 Å². The first-order valence-electron chi connectivity index (χ1n) is 12.7. The van der Waals surface area contributed by atoms with Gasteiger partial charge in [0.1, 0.15) is 12.2 Å². The minimum atomic E-state index is -0.736. The minimum absolute atomic E-state index is 0.160. The highest BCUT2D eigenvalue weighted by molar-refractivity contribution is 7.16. The van der Waals surface area contributed by atoms with Gasteiger partial charge in [-0.05, 0) is 50.5 Å². The summed E-state index contributed by atoms with van der Waals surface area (Å²) in [6.45, 7) is 4.75. The van der Waals surface area contributed by atoms with Crippen molar-refractivity contribution in [2.24, 2.45) is 0 Å². The molecule has 0 aliphatic carbocycles. The molecule has 9 nitrogen and oxygen atoms in total. The van der Waals surface area contributed by atoms with Crippen molar-refractivity contribution in [2.45, 2.75) is 44.3 Å². The number of nitrogens with zero attached hydrogens (tertiary/aromatic N) is 3. The van der Waals surface area contributed by atoms with Crippen LogP contribution in [0.25, 0.3) is 10.6 Å². The maximum atomic E-state index is 13.5. The molecule has 3 N–H and O–H groups in total. The van der Waals surface area contributed by atoms with Crippen molar-refractivity contribution in [1.82, 2.24) is 20.2 Å². The van der Waals surface area contributed by atoms with Gasteiger partial charge in [0.15, 0.2) is 0 Å². The average Bonchev–Trinajstić information content (AvgIpc) is 3.44. The van der Waals surface area contributed by atoms with E-state index in [4.69, 9.17) is 27.9 Å². The quantitative estimate of drug-likeness (QED) is 0.350. The molecule has 0 radical (unpaired) electrons. The Kier molecular flexibility index (Phi) is 8.11. The van der Waals surface area contributed by atoms with Crippen molar-refractivity contribution in [3.63, 3.8) is 0 Å². The SMILES string of the molecule is CC1(C)c2sc(-c3nc(NC4CCOCC4)ncc3Cl)cc2C(=O)N1CC(=O)N[C@H](CO)c1cccc(Cl)c1. The van der Waals surface area contributed by atoms with Gasteiger partial charge in [0.25, 0.3) is 5.91 Å². The predicted octanol–water partition coefficient (Wildman–Crippen LogP) is 4.64. The molecule has 4 heterocycles. The molecule has 1 saturated heterocycles. The number of carbonyl (C=O) groups excluding carboxylic acids is 2. The van der Waals surface area contributed by atoms with E-state index >= 15 is 0 Å². The van der Waals surface area contributed by atoms with E-state index in [1.165, 1.54) is 11.3 Å². The van der Waals surface area contributed by atoms with Crippen LogP contribution in [0.3, 0.4) is 0 Å². The summed E-state index contributed by atoms with van der Waals surface area (Å²) in [6, 6.07) is 8.32. The summed E-state index contributed by atoms with van der Waals surface area (Å²) in [4.78, 5) is 38.6. The van der Waals surface area contributed by atoms with Gasteiger partial charge in [0, 0.05) is 29.2 Å². The Labute approximate surface area is 240 Å². The fraction of sp³-hybridized carbons (Fsp3) is 0.407. The molecule has 12 heteroatoms. The van der Waals surface area contributed by atoms with Gasteiger partial charge in [0.05, 0.1) is 39.8 Å². The van der Waals surface area contributed by atoms with Crippen molar-refractivity contribution in [3.05, 3.63) is 62.6 Å². The van der Waals surface area contributed by atoms with Crippen LogP contribution in [0.4, 0.5) is 5.95 Å². The van der Waals surface area contributed by atoms with Gasteiger partial charge in [-0.15, -0.1) is 11.3 Å². The van der Waals surface area contributed by atoms with Crippen molar-refractivity contribution >= 4 is 52.3 Å². The summed E-state index contributed by atoms with van der Waals surface area (Å²) in [6.07, 6.45) is 3.31. The van der Waals surface area contributed by atoms with Crippen LogP contribution in [0.5, 0.6) is 0 Å². The fourth-order valence-electron chi connectivity index (χ4n) is 4.89. The number of aliphatic hydroxyl groups is 1. The summed E-state index contributed by atoms with van der Waals surface area (Å²) in [5, 5.41) is 16.9. The second kappa shape index (κ2) is 11.4. The molecule has 1 fully saturated rings. The number of hydrogen-bond donors (Lipinski definition) is 3. The summed E-state index contributed by atoms with van der Waals surface area (Å²) >= 11 is 14.0. The molecule has 1 atom stereocenters. The van der Waals surface area contributed by atoms with Gasteiger partial charge in [-0.25, -0.2) is 9.97 Å². The van der Waals surface area contributed by atoms with Crippen LogP contribution in [-0.2, 0) is 15.1 Å². The number of nitrogens with one attached hydrogen (secondary N) is 2. The number of anilines is 1. The number of carbonyl (C=O) groups is 2. The number of halogens is 2. The topological polar surface area (TPSA) is 117 Å². The molecule has 0 bridgehead atoms. The van der Waals surface area contributed by atoms with Crippen molar-refractivity contribution in [3.8, 4) is 10.6 Å². The van der Waals surface area contributed by atoms with Gasteiger partial charge < -0.3 is 25.4 Å². The summed E-state index contributed by atoms with van der Waals surface area (Å²) in [7, 11) is 0. The molecule has 1 aromatic carbocycles. The third kappa shape index (κ3) is 5.76. The molecule has 2 aromatic heterocycles. The molecule has 0 unspecified atom stereocenters. The summed E-state index contributed by atoms with van der Waals surface area (Å²) in [5.41, 5.74) is 1.03. The molecule has 2 amide bonds. The van der Waals surface area contributed by atoms with E-state index in [1.807, 2.05) is 13.8 Å². The number of rotatable bonds is 8. The standard InChI is InChI=1S/C27H29Cl2N5O4S/c1-27(2)24-18(25(37)34(27)13-22(36)32-20(14-35)15-4-3-5-16(28)10-15)11-21(39-24)23-19(29)12-30-26(33-23)31-17-6-8-38-9-7-17/h3-5,10-12,17,20,35H,6-9,13-14H2,1-2H3,(H,32,36)(H,30,31,33)/t20-/m1/s1. The van der Waals surface area contributed by atoms with Crippen LogP contribution in [0.15, 0.2) is 36.5 Å². The number of benzene rings is 1. The first-order chi connectivity index (χ1) is 18.7. The zero-order chi connectivity index (χ0) is 27.7. The van der Waals surface area contributed by atoms with Crippen LogP contribution in [0, 0.1) is 0 Å². The molecule has 2 aliphatic heterocycles. The maximum absolute atomic E-state index is 13.5. The smallest absolute Gasteiger partial charge is 0.256 e. The van der Waals surface area contributed by atoms with E-state index in [-0.39, 0.29) is 31.0 Å². The second-order valence-corrected chi connectivity index (χ2v) is 12.0. The molecular weight excluding hydrogens is 561 g/mol. The first kappa shape index (κ1) is 27.8. The fourth-order valence-corrected chi connectivity index (χ4v) is 6.60. The molecule has 2 aliphatic rings. The van der Waals surface area contributed by atoms with E-state index in [0.29, 0.717) is 46.0 Å². The van der Waals surface area contributed by atoms with Gasteiger partial charge in [-0.3, -0.25) is 9.59 Å². The van der Waals surface area contributed by atoms with Gasteiger partial charge >= 0.3 is 0 Å². The highest BCUT2D eigenvalue weighted by Gasteiger charge is 2.46. The van der Waals surface area contributed by atoms with E-state index in [1.54, 1.807) is 41.4 Å². The Bertz CT molecular complexity index is 1390. The van der Waals surface area contributed by atoms with Crippen LogP contribution in [0.2, 0.25) is 10.0 Å². The lowest BCUT2D eigenvalue weighted by atomic mass is 10.0. The highest BCUT2D eigenvalue weighted by Crippen LogP contribution is 2.46. The molecule has 0 saturated carbocycles. The van der Waals surface area contributed by atoms with Gasteiger partial charge in [-0.2, -0.15) is 0 Å². The minimum Gasteiger partial charge on any atom is -0.394 e. The monoisotopic (exact) mass is 589 g/mol.